The van der Waals surface area contributed by atoms with E-state index in [0.717, 1.165) is 24.2 Å². The quantitative estimate of drug-likeness (QED) is 0.337. The first-order valence-corrected chi connectivity index (χ1v) is 14.0. The second kappa shape index (κ2) is 11.1. The summed E-state index contributed by atoms with van der Waals surface area (Å²) in [7, 11) is 1.70. The van der Waals surface area contributed by atoms with Gasteiger partial charge in [0.05, 0.1) is 11.4 Å². The molecule has 2 aliphatic rings. The summed E-state index contributed by atoms with van der Waals surface area (Å²) in [5.41, 5.74) is 4.35. The van der Waals surface area contributed by atoms with Crippen LogP contribution in [0.5, 0.6) is 0 Å². The number of para-hydroxylation sites is 1. The molecule has 1 aromatic heterocycles. The molecule has 39 heavy (non-hydrogen) atoms. The predicted octanol–water partition coefficient (Wildman–Crippen LogP) is 4.60. The van der Waals surface area contributed by atoms with Gasteiger partial charge < -0.3 is 9.80 Å². The number of anilines is 2. The van der Waals surface area contributed by atoms with Crippen LogP contribution in [0.4, 0.5) is 11.5 Å². The van der Waals surface area contributed by atoms with Gasteiger partial charge in [-0.2, -0.15) is 5.26 Å². The van der Waals surface area contributed by atoms with Gasteiger partial charge in [0.25, 0.3) is 11.5 Å². The van der Waals surface area contributed by atoms with E-state index in [1.165, 1.54) is 17.4 Å². The van der Waals surface area contributed by atoms with Crippen molar-refractivity contribution in [1.29, 1.82) is 5.26 Å². The molecule has 2 saturated heterocycles. The lowest BCUT2D eigenvalue weighted by Crippen LogP contribution is -2.48. The number of thioether (sulfide) groups is 1. The van der Waals surface area contributed by atoms with Crippen molar-refractivity contribution in [1.82, 2.24) is 9.47 Å². The number of nitrogens with zero attached hydrogens (tertiary/aromatic N) is 5. The zero-order valence-corrected chi connectivity index (χ0v) is 23.8. The molecule has 1 amide bonds. The van der Waals surface area contributed by atoms with Crippen molar-refractivity contribution >= 4 is 51.8 Å². The Labute approximate surface area is 237 Å². The molecule has 0 atom stereocenters. The lowest BCUT2D eigenvalue weighted by atomic mass is 10.0. The zero-order valence-electron chi connectivity index (χ0n) is 22.2. The van der Waals surface area contributed by atoms with Crippen LogP contribution >= 0.6 is 24.0 Å². The number of benzene rings is 2. The third-order valence-corrected chi connectivity index (χ3v) is 8.66. The minimum absolute atomic E-state index is 0.0885. The minimum Gasteiger partial charge on any atom is -0.368 e. The molecule has 0 aliphatic carbocycles. The van der Waals surface area contributed by atoms with E-state index in [1.807, 2.05) is 55.5 Å². The van der Waals surface area contributed by atoms with Gasteiger partial charge in [0.1, 0.15) is 21.8 Å². The van der Waals surface area contributed by atoms with Gasteiger partial charge in [-0.1, -0.05) is 72.0 Å². The van der Waals surface area contributed by atoms with Crippen LogP contribution in [0.2, 0.25) is 0 Å². The maximum absolute atomic E-state index is 13.5. The first kappa shape index (κ1) is 26.7. The Morgan fingerprint density at radius 2 is 1.62 bits per heavy atom. The minimum atomic E-state index is -0.334. The summed E-state index contributed by atoms with van der Waals surface area (Å²) in [5, 5.41) is 9.79. The van der Waals surface area contributed by atoms with Gasteiger partial charge in [-0.25, -0.2) is 0 Å². The van der Waals surface area contributed by atoms with Crippen molar-refractivity contribution in [3.63, 3.8) is 0 Å². The van der Waals surface area contributed by atoms with E-state index in [1.54, 1.807) is 23.4 Å². The highest BCUT2D eigenvalue weighted by Crippen LogP contribution is 2.36. The molecule has 2 aromatic carbocycles. The number of rotatable bonds is 5. The van der Waals surface area contributed by atoms with Crippen LogP contribution in [-0.4, -0.2) is 45.9 Å². The molecule has 0 spiro atoms. The summed E-state index contributed by atoms with van der Waals surface area (Å²) in [4.78, 5) is 33.2. The van der Waals surface area contributed by atoms with Crippen molar-refractivity contribution in [2.75, 3.05) is 36.0 Å². The molecule has 198 valence electrons. The molecule has 0 N–H and O–H groups in total. The number of carbonyl (C=O) groups is 1. The number of aromatic nitrogens is 1. The summed E-state index contributed by atoms with van der Waals surface area (Å²) in [6.45, 7) is 7.17. The first-order valence-electron chi connectivity index (χ1n) is 12.8. The van der Waals surface area contributed by atoms with Crippen LogP contribution in [0.1, 0.15) is 27.8 Å². The Bertz CT molecular complexity index is 1560. The van der Waals surface area contributed by atoms with Gasteiger partial charge in [0.15, 0.2) is 0 Å². The average Bonchev–Trinajstić information content (AvgIpc) is 3.21. The van der Waals surface area contributed by atoms with Gasteiger partial charge in [-0.15, -0.1) is 0 Å². The van der Waals surface area contributed by atoms with E-state index in [4.69, 9.17) is 12.2 Å². The number of amides is 1. The molecule has 0 radical (unpaired) electrons. The van der Waals surface area contributed by atoms with Crippen molar-refractivity contribution in [2.24, 2.45) is 7.05 Å². The maximum atomic E-state index is 13.5. The summed E-state index contributed by atoms with van der Waals surface area (Å²) >= 11 is 6.84. The van der Waals surface area contributed by atoms with E-state index in [9.17, 15) is 14.9 Å². The Hall–Kier alpha value is -3.87. The number of hydrogen-bond acceptors (Lipinski definition) is 7. The number of pyridine rings is 1. The maximum Gasteiger partial charge on any atom is 0.270 e. The number of hydrogen-bond donors (Lipinski definition) is 0. The summed E-state index contributed by atoms with van der Waals surface area (Å²) in [5.74, 6) is 0.546. The zero-order chi connectivity index (χ0) is 27.7. The lowest BCUT2D eigenvalue weighted by Gasteiger charge is -2.38. The van der Waals surface area contributed by atoms with Gasteiger partial charge >= 0.3 is 0 Å². The average molecular weight is 556 g/mol. The molecular weight excluding hydrogens is 526 g/mol. The predicted molar refractivity (Wildman–Crippen MR) is 162 cm³/mol. The largest absolute Gasteiger partial charge is 0.368 e. The van der Waals surface area contributed by atoms with E-state index in [2.05, 4.69) is 28.0 Å². The molecule has 0 bridgehead atoms. The molecule has 0 saturated carbocycles. The van der Waals surface area contributed by atoms with E-state index >= 15 is 0 Å². The van der Waals surface area contributed by atoms with Gasteiger partial charge in [0.2, 0.25) is 0 Å². The summed E-state index contributed by atoms with van der Waals surface area (Å²) < 4.78 is 2.04. The van der Waals surface area contributed by atoms with Crippen molar-refractivity contribution < 1.29 is 4.79 Å². The van der Waals surface area contributed by atoms with Crippen LogP contribution in [0.25, 0.3) is 6.08 Å². The normalized spacial score (nSPS) is 16.8. The second-order valence-corrected chi connectivity index (χ2v) is 11.5. The topological polar surface area (TPSA) is 72.6 Å². The first-order chi connectivity index (χ1) is 18.8. The molecule has 2 aliphatic heterocycles. The fourth-order valence-electron chi connectivity index (χ4n) is 5.05. The van der Waals surface area contributed by atoms with Gasteiger partial charge in [0, 0.05) is 44.5 Å². The van der Waals surface area contributed by atoms with Crippen LogP contribution in [0, 0.1) is 25.2 Å². The number of carbonyl (C=O) groups excluding carboxylic acids is 1. The molecular formula is C30H29N5O2S2. The third kappa shape index (κ3) is 5.22. The third-order valence-electron chi connectivity index (χ3n) is 7.28. The molecule has 5 rings (SSSR count). The Balaban J connectivity index is 1.49. The number of thiocarbonyl (C=S) groups is 1. The van der Waals surface area contributed by atoms with Crippen LogP contribution in [0.3, 0.4) is 0 Å². The SMILES string of the molecule is Cc1ccc(CN2C(=O)/C(=C/c3c(C)c(C#N)c(=O)n(C)c3N3CCN(c4ccccc4)CC3)SC2=S)cc1. The molecule has 3 aromatic rings. The van der Waals surface area contributed by atoms with Crippen molar-refractivity contribution in [3.8, 4) is 6.07 Å². The van der Waals surface area contributed by atoms with Crippen molar-refractivity contribution in [3.05, 3.63) is 97.7 Å². The summed E-state index contributed by atoms with van der Waals surface area (Å²) in [6, 6.07) is 20.4. The monoisotopic (exact) mass is 555 g/mol. The smallest absolute Gasteiger partial charge is 0.270 e. The Morgan fingerprint density at radius 3 is 2.26 bits per heavy atom. The molecule has 0 unspecified atom stereocenters. The highest BCUT2D eigenvalue weighted by molar-refractivity contribution is 8.26. The highest BCUT2D eigenvalue weighted by atomic mass is 32.2. The Kier molecular flexibility index (Phi) is 7.60. The number of aryl methyl sites for hydroxylation is 1. The molecule has 3 heterocycles. The molecule has 7 nitrogen and oxygen atoms in total. The van der Waals surface area contributed by atoms with Crippen molar-refractivity contribution in [2.45, 2.75) is 20.4 Å². The van der Waals surface area contributed by atoms with E-state index in [-0.39, 0.29) is 17.0 Å². The van der Waals surface area contributed by atoms with E-state index in [0.29, 0.717) is 45.8 Å². The Morgan fingerprint density at radius 1 is 0.974 bits per heavy atom. The molecule has 2 fully saturated rings. The summed E-state index contributed by atoms with van der Waals surface area (Å²) in [6.07, 6.45) is 1.81. The van der Waals surface area contributed by atoms with E-state index < -0.39 is 0 Å². The van der Waals surface area contributed by atoms with Crippen LogP contribution in [-0.2, 0) is 18.4 Å². The fraction of sp³-hybridized carbons (Fsp3) is 0.267. The second-order valence-electron chi connectivity index (χ2n) is 9.78. The van der Waals surface area contributed by atoms with Crippen LogP contribution in [0.15, 0.2) is 64.3 Å². The van der Waals surface area contributed by atoms with Crippen LogP contribution < -0.4 is 15.4 Å². The lowest BCUT2D eigenvalue weighted by molar-refractivity contribution is -0.122. The highest BCUT2D eigenvalue weighted by Gasteiger charge is 2.33. The van der Waals surface area contributed by atoms with Gasteiger partial charge in [-0.05, 0) is 43.2 Å². The van der Waals surface area contributed by atoms with Gasteiger partial charge in [-0.3, -0.25) is 19.1 Å². The number of piperazine rings is 1. The number of nitriles is 1. The molecule has 9 heteroatoms. The standard InChI is InChI=1S/C30H29N5O2S2/c1-20-9-11-22(12-10-20)19-35-29(37)26(39-30(35)38)17-24-21(2)25(18-31)28(36)32(3)27(24)34-15-13-33(14-16-34)23-7-5-4-6-8-23/h4-12,17H,13-16,19H2,1-3H3/b26-17-. The fourth-order valence-corrected chi connectivity index (χ4v) is 6.29.